The fourth-order valence-corrected chi connectivity index (χ4v) is 3.09. The van der Waals surface area contributed by atoms with E-state index in [1.54, 1.807) is 24.3 Å². The van der Waals surface area contributed by atoms with Crippen LogP contribution < -0.4 is 15.4 Å². The molecule has 2 unspecified atom stereocenters. The Kier molecular flexibility index (Phi) is 7.22. The molecule has 0 saturated carbocycles. The highest BCUT2D eigenvalue weighted by atomic mass is 16.5. The molecule has 3 aromatic carbocycles. The first kappa shape index (κ1) is 21.1. The van der Waals surface area contributed by atoms with Gasteiger partial charge >= 0.3 is 0 Å². The molecular weight excluding hydrogens is 376 g/mol. The highest BCUT2D eigenvalue weighted by Gasteiger charge is 2.21. The SMILES string of the molecule is CCC(Oc1ccccc1)C(=O)Nc1ccccc1C(=O)NC(C)c1ccccc1. The van der Waals surface area contributed by atoms with E-state index < -0.39 is 6.10 Å². The van der Waals surface area contributed by atoms with Crippen LogP contribution in [0, 0.1) is 0 Å². The monoisotopic (exact) mass is 402 g/mol. The van der Waals surface area contributed by atoms with E-state index in [2.05, 4.69) is 10.6 Å². The molecule has 5 nitrogen and oxygen atoms in total. The highest BCUT2D eigenvalue weighted by molar-refractivity contribution is 6.04. The number of hydrogen-bond acceptors (Lipinski definition) is 3. The summed E-state index contributed by atoms with van der Waals surface area (Å²) in [5.74, 6) is 0.0826. The molecule has 0 radical (unpaired) electrons. The summed E-state index contributed by atoms with van der Waals surface area (Å²) in [6.07, 6.45) is -0.160. The molecule has 154 valence electrons. The van der Waals surface area contributed by atoms with Crippen molar-refractivity contribution in [1.29, 1.82) is 0 Å². The number of amides is 2. The average molecular weight is 402 g/mol. The van der Waals surface area contributed by atoms with Gasteiger partial charge in [0.2, 0.25) is 0 Å². The number of nitrogens with one attached hydrogen (secondary N) is 2. The lowest BCUT2D eigenvalue weighted by Crippen LogP contribution is -2.33. The van der Waals surface area contributed by atoms with Crippen LogP contribution in [0.4, 0.5) is 5.69 Å². The number of anilines is 1. The molecule has 0 heterocycles. The molecule has 5 heteroatoms. The van der Waals surface area contributed by atoms with E-state index in [-0.39, 0.29) is 17.9 Å². The summed E-state index contributed by atoms with van der Waals surface area (Å²) in [5, 5.41) is 5.84. The number of carbonyl (C=O) groups is 2. The molecule has 0 aliphatic carbocycles. The molecule has 0 bridgehead atoms. The quantitative estimate of drug-likeness (QED) is 0.559. The lowest BCUT2D eigenvalue weighted by atomic mass is 10.1. The molecule has 3 aromatic rings. The minimum absolute atomic E-state index is 0.160. The normalized spacial score (nSPS) is 12.5. The van der Waals surface area contributed by atoms with Crippen molar-refractivity contribution in [2.75, 3.05) is 5.32 Å². The molecule has 0 aliphatic rings. The van der Waals surface area contributed by atoms with Gasteiger partial charge in [0.05, 0.1) is 17.3 Å². The zero-order valence-electron chi connectivity index (χ0n) is 17.2. The number of para-hydroxylation sites is 2. The van der Waals surface area contributed by atoms with Gasteiger partial charge in [0.25, 0.3) is 11.8 Å². The van der Waals surface area contributed by atoms with Gasteiger partial charge in [0.1, 0.15) is 5.75 Å². The van der Waals surface area contributed by atoms with Gasteiger partial charge in [0, 0.05) is 0 Å². The van der Waals surface area contributed by atoms with Gasteiger partial charge in [-0.3, -0.25) is 9.59 Å². The van der Waals surface area contributed by atoms with Crippen LogP contribution in [-0.4, -0.2) is 17.9 Å². The minimum Gasteiger partial charge on any atom is -0.481 e. The second-order valence-corrected chi connectivity index (χ2v) is 6.97. The van der Waals surface area contributed by atoms with Crippen molar-refractivity contribution in [2.45, 2.75) is 32.4 Å². The standard InChI is InChI=1S/C25H26N2O3/c1-3-23(30-20-14-8-5-9-15-20)25(29)27-22-17-11-10-16-21(22)24(28)26-18(2)19-12-6-4-7-13-19/h4-18,23H,3H2,1-2H3,(H,26,28)(H,27,29). The Labute approximate surface area is 177 Å². The largest absolute Gasteiger partial charge is 0.481 e. The second kappa shape index (κ2) is 10.3. The van der Waals surface area contributed by atoms with Crippen LogP contribution in [0.25, 0.3) is 0 Å². The van der Waals surface area contributed by atoms with Crippen molar-refractivity contribution in [3.05, 3.63) is 96.1 Å². The predicted octanol–water partition coefficient (Wildman–Crippen LogP) is 4.97. The highest BCUT2D eigenvalue weighted by Crippen LogP contribution is 2.20. The van der Waals surface area contributed by atoms with Crippen LogP contribution in [0.5, 0.6) is 5.75 Å². The Balaban J connectivity index is 1.71. The maximum absolute atomic E-state index is 12.9. The fraction of sp³-hybridized carbons (Fsp3) is 0.200. The van der Waals surface area contributed by atoms with Gasteiger partial charge in [-0.05, 0) is 43.2 Å². The molecule has 0 aromatic heterocycles. The van der Waals surface area contributed by atoms with E-state index in [0.717, 1.165) is 5.56 Å². The molecule has 2 amide bonds. The summed E-state index contributed by atoms with van der Waals surface area (Å²) in [5.41, 5.74) is 1.87. The van der Waals surface area contributed by atoms with Crippen molar-refractivity contribution >= 4 is 17.5 Å². The molecule has 3 rings (SSSR count). The number of rotatable bonds is 8. The summed E-state index contributed by atoms with van der Waals surface area (Å²) >= 11 is 0. The van der Waals surface area contributed by atoms with Gasteiger partial charge in [0.15, 0.2) is 6.10 Å². The summed E-state index contributed by atoms with van der Waals surface area (Å²) < 4.78 is 5.81. The molecule has 2 atom stereocenters. The smallest absolute Gasteiger partial charge is 0.265 e. The second-order valence-electron chi connectivity index (χ2n) is 6.97. The Bertz CT molecular complexity index is 974. The summed E-state index contributed by atoms with van der Waals surface area (Å²) in [7, 11) is 0. The van der Waals surface area contributed by atoms with Crippen molar-refractivity contribution in [3.8, 4) is 5.75 Å². The maximum atomic E-state index is 12.9. The van der Waals surface area contributed by atoms with Crippen LogP contribution in [0.2, 0.25) is 0 Å². The average Bonchev–Trinajstić information content (AvgIpc) is 2.79. The fourth-order valence-electron chi connectivity index (χ4n) is 3.09. The van der Waals surface area contributed by atoms with E-state index in [4.69, 9.17) is 4.74 Å². The zero-order chi connectivity index (χ0) is 21.3. The van der Waals surface area contributed by atoms with Gasteiger partial charge in [-0.15, -0.1) is 0 Å². The van der Waals surface area contributed by atoms with Crippen LogP contribution in [0.3, 0.4) is 0 Å². The molecule has 2 N–H and O–H groups in total. The number of benzene rings is 3. The topological polar surface area (TPSA) is 67.4 Å². The third-order valence-electron chi connectivity index (χ3n) is 4.76. The van der Waals surface area contributed by atoms with E-state index in [1.807, 2.05) is 74.5 Å². The van der Waals surface area contributed by atoms with Gasteiger partial charge in [-0.1, -0.05) is 67.6 Å². The van der Waals surface area contributed by atoms with Crippen LogP contribution in [-0.2, 0) is 4.79 Å². The van der Waals surface area contributed by atoms with E-state index >= 15 is 0 Å². The zero-order valence-corrected chi connectivity index (χ0v) is 17.2. The van der Waals surface area contributed by atoms with Gasteiger partial charge in [-0.2, -0.15) is 0 Å². The Morgan fingerprint density at radius 2 is 1.47 bits per heavy atom. The molecule has 0 spiro atoms. The molecule has 30 heavy (non-hydrogen) atoms. The van der Waals surface area contributed by atoms with E-state index in [9.17, 15) is 9.59 Å². The number of hydrogen-bond donors (Lipinski definition) is 2. The summed E-state index contributed by atoms with van der Waals surface area (Å²) in [6.45, 7) is 3.81. The first-order valence-electron chi connectivity index (χ1n) is 10.1. The first-order valence-corrected chi connectivity index (χ1v) is 10.1. The van der Waals surface area contributed by atoms with E-state index in [1.165, 1.54) is 0 Å². The van der Waals surface area contributed by atoms with Crippen molar-refractivity contribution in [2.24, 2.45) is 0 Å². The van der Waals surface area contributed by atoms with Crippen molar-refractivity contribution in [1.82, 2.24) is 5.32 Å². The molecule has 0 saturated heterocycles. The van der Waals surface area contributed by atoms with Crippen LogP contribution in [0.1, 0.15) is 42.2 Å². The Hall–Kier alpha value is -3.60. The third kappa shape index (κ3) is 5.47. The summed E-state index contributed by atoms with van der Waals surface area (Å²) in [6, 6.07) is 25.8. The Morgan fingerprint density at radius 3 is 2.13 bits per heavy atom. The van der Waals surface area contributed by atoms with Crippen molar-refractivity contribution in [3.63, 3.8) is 0 Å². The molecule has 0 fully saturated rings. The molecular formula is C25H26N2O3. The lowest BCUT2D eigenvalue weighted by Gasteiger charge is -2.19. The third-order valence-corrected chi connectivity index (χ3v) is 4.76. The Morgan fingerprint density at radius 1 is 0.867 bits per heavy atom. The first-order chi connectivity index (χ1) is 14.6. The van der Waals surface area contributed by atoms with Gasteiger partial charge in [-0.25, -0.2) is 0 Å². The predicted molar refractivity (Wildman–Crippen MR) is 119 cm³/mol. The van der Waals surface area contributed by atoms with Crippen LogP contribution in [0.15, 0.2) is 84.9 Å². The number of carbonyl (C=O) groups excluding carboxylic acids is 2. The van der Waals surface area contributed by atoms with Crippen molar-refractivity contribution < 1.29 is 14.3 Å². The minimum atomic E-state index is -0.660. The van der Waals surface area contributed by atoms with E-state index in [0.29, 0.717) is 23.4 Å². The maximum Gasteiger partial charge on any atom is 0.265 e. The van der Waals surface area contributed by atoms with Gasteiger partial charge < -0.3 is 15.4 Å². The summed E-state index contributed by atoms with van der Waals surface area (Å²) in [4.78, 5) is 25.7. The number of ether oxygens (including phenoxy) is 1. The van der Waals surface area contributed by atoms with Crippen LogP contribution >= 0.6 is 0 Å². The lowest BCUT2D eigenvalue weighted by molar-refractivity contribution is -0.122. The molecule has 0 aliphatic heterocycles.